The van der Waals surface area contributed by atoms with E-state index in [9.17, 15) is 4.39 Å². The van der Waals surface area contributed by atoms with E-state index >= 15 is 0 Å². The Bertz CT molecular complexity index is 1290. The Balaban J connectivity index is 1.31. The van der Waals surface area contributed by atoms with Crippen molar-refractivity contribution in [1.29, 1.82) is 0 Å². The number of rotatable bonds is 7. The summed E-state index contributed by atoms with van der Waals surface area (Å²) in [5, 5.41) is 4.66. The van der Waals surface area contributed by atoms with E-state index in [4.69, 9.17) is 19.0 Å². The summed E-state index contributed by atoms with van der Waals surface area (Å²) in [5.41, 5.74) is 1.46. The number of fused-ring (bicyclic) bond motifs is 2. The zero-order valence-electron chi connectivity index (χ0n) is 21.0. The zero-order valence-corrected chi connectivity index (χ0v) is 21.0. The Hall–Kier alpha value is -3.78. The van der Waals surface area contributed by atoms with Crippen LogP contribution < -0.4 is 14.2 Å². The van der Waals surface area contributed by atoms with Crippen molar-refractivity contribution in [3.8, 4) is 23.0 Å². The Kier molecular flexibility index (Phi) is 6.12. The van der Waals surface area contributed by atoms with E-state index in [0.29, 0.717) is 24.0 Å². The Labute approximate surface area is 216 Å². The monoisotopic (exact) mass is 503 g/mol. The number of hydrogen-bond acceptors (Lipinski definition) is 7. The van der Waals surface area contributed by atoms with Crippen LogP contribution in [0.4, 0.5) is 4.39 Å². The van der Waals surface area contributed by atoms with Gasteiger partial charge in [0.1, 0.15) is 28.8 Å². The SMILES string of the molecule is COc1ccc(CN2C(c3ccc(Oc4ccc(F)cc4)cc3)=NO[C@@]23CN2CCC3CC2)c(OC)c1. The second-order valence-corrected chi connectivity index (χ2v) is 9.75. The molecule has 4 aliphatic rings. The predicted octanol–water partition coefficient (Wildman–Crippen LogP) is 5.25. The maximum atomic E-state index is 13.2. The molecule has 2 bridgehead atoms. The highest BCUT2D eigenvalue weighted by atomic mass is 19.1. The largest absolute Gasteiger partial charge is 0.497 e. The molecule has 3 aromatic rings. The van der Waals surface area contributed by atoms with Crippen molar-refractivity contribution >= 4 is 5.84 Å². The first-order chi connectivity index (χ1) is 18.1. The van der Waals surface area contributed by atoms with Gasteiger partial charge < -0.3 is 23.9 Å². The molecule has 0 aliphatic carbocycles. The fourth-order valence-electron chi connectivity index (χ4n) is 5.68. The lowest BCUT2D eigenvalue weighted by molar-refractivity contribution is -0.198. The molecule has 0 amide bonds. The van der Waals surface area contributed by atoms with E-state index in [1.807, 2.05) is 42.5 Å². The molecule has 0 aromatic heterocycles. The van der Waals surface area contributed by atoms with Crippen molar-refractivity contribution in [2.45, 2.75) is 25.1 Å². The number of methoxy groups -OCH3 is 2. The molecular formula is C29H30FN3O4. The smallest absolute Gasteiger partial charge is 0.227 e. The summed E-state index contributed by atoms with van der Waals surface area (Å²) in [6.45, 7) is 3.60. The summed E-state index contributed by atoms with van der Waals surface area (Å²) in [6.07, 6.45) is 2.17. The molecule has 4 aliphatic heterocycles. The molecule has 0 unspecified atom stereocenters. The quantitative estimate of drug-likeness (QED) is 0.439. The summed E-state index contributed by atoms with van der Waals surface area (Å²) in [4.78, 5) is 11.1. The van der Waals surface area contributed by atoms with Gasteiger partial charge in [-0.25, -0.2) is 4.39 Å². The fourth-order valence-corrected chi connectivity index (χ4v) is 5.68. The van der Waals surface area contributed by atoms with Gasteiger partial charge in [0.15, 0.2) is 5.84 Å². The first-order valence-electron chi connectivity index (χ1n) is 12.6. The van der Waals surface area contributed by atoms with Crippen LogP contribution in [0.1, 0.15) is 24.0 Å². The molecular weight excluding hydrogens is 473 g/mol. The molecule has 3 saturated heterocycles. The standard InChI is InChI=1S/C29H30FN3O4/c1-34-26-10-5-21(27(17-26)35-2)18-33-28(31-37-29(33)19-32-15-13-22(29)14-16-32)20-3-8-24(9-4-20)36-25-11-6-23(30)7-12-25/h3-12,17,22H,13-16,18-19H2,1-2H3/t29-/m1/s1. The number of amidine groups is 1. The van der Waals surface area contributed by atoms with Crippen LogP contribution in [-0.4, -0.2) is 55.2 Å². The number of piperidine rings is 3. The maximum Gasteiger partial charge on any atom is 0.227 e. The molecule has 7 rings (SSSR count). The van der Waals surface area contributed by atoms with Crippen LogP contribution in [-0.2, 0) is 11.4 Å². The molecule has 7 nitrogen and oxygen atoms in total. The first-order valence-corrected chi connectivity index (χ1v) is 12.6. The molecule has 192 valence electrons. The summed E-state index contributed by atoms with van der Waals surface area (Å²) < 4.78 is 30.2. The third-order valence-corrected chi connectivity index (χ3v) is 7.66. The van der Waals surface area contributed by atoms with Crippen molar-refractivity contribution in [3.63, 3.8) is 0 Å². The number of oxime groups is 1. The number of benzene rings is 3. The number of nitrogens with zero attached hydrogens (tertiary/aromatic N) is 3. The highest BCUT2D eigenvalue weighted by Crippen LogP contribution is 2.45. The van der Waals surface area contributed by atoms with Gasteiger partial charge in [-0.2, -0.15) is 0 Å². The fraction of sp³-hybridized carbons (Fsp3) is 0.345. The van der Waals surface area contributed by atoms with E-state index in [2.05, 4.69) is 15.0 Å². The predicted molar refractivity (Wildman–Crippen MR) is 138 cm³/mol. The lowest BCUT2D eigenvalue weighted by atomic mass is 9.79. The molecule has 37 heavy (non-hydrogen) atoms. The van der Waals surface area contributed by atoms with Crippen molar-refractivity contribution in [2.75, 3.05) is 33.9 Å². The van der Waals surface area contributed by atoms with Crippen molar-refractivity contribution < 1.29 is 23.4 Å². The Morgan fingerprint density at radius 2 is 1.59 bits per heavy atom. The van der Waals surface area contributed by atoms with Gasteiger partial charge in [-0.1, -0.05) is 5.16 Å². The maximum absolute atomic E-state index is 13.2. The second-order valence-electron chi connectivity index (χ2n) is 9.75. The molecule has 1 atom stereocenters. The van der Waals surface area contributed by atoms with Crippen molar-refractivity contribution in [1.82, 2.24) is 9.80 Å². The Morgan fingerprint density at radius 1 is 0.919 bits per heavy atom. The molecule has 3 aromatic carbocycles. The minimum absolute atomic E-state index is 0.294. The van der Waals surface area contributed by atoms with Crippen LogP contribution in [0.15, 0.2) is 71.9 Å². The van der Waals surface area contributed by atoms with Gasteiger partial charge in [-0.3, -0.25) is 4.90 Å². The highest BCUT2D eigenvalue weighted by Gasteiger charge is 2.57. The van der Waals surface area contributed by atoms with Crippen molar-refractivity contribution in [3.05, 3.63) is 83.7 Å². The van der Waals surface area contributed by atoms with Crippen LogP contribution in [0.5, 0.6) is 23.0 Å². The average Bonchev–Trinajstić information content (AvgIpc) is 3.28. The van der Waals surface area contributed by atoms with Gasteiger partial charge in [0.05, 0.1) is 27.3 Å². The molecule has 0 saturated carbocycles. The van der Waals surface area contributed by atoms with Gasteiger partial charge >= 0.3 is 0 Å². The normalized spacial score (nSPS) is 24.1. The third-order valence-electron chi connectivity index (χ3n) is 7.66. The summed E-state index contributed by atoms with van der Waals surface area (Å²) in [7, 11) is 3.33. The molecule has 8 heteroatoms. The first kappa shape index (κ1) is 23.6. The highest BCUT2D eigenvalue weighted by molar-refractivity contribution is 5.99. The van der Waals surface area contributed by atoms with Gasteiger partial charge in [0.25, 0.3) is 0 Å². The second kappa shape index (κ2) is 9.59. The van der Waals surface area contributed by atoms with Crippen LogP contribution >= 0.6 is 0 Å². The van der Waals surface area contributed by atoms with Crippen molar-refractivity contribution in [2.24, 2.45) is 11.1 Å². The van der Waals surface area contributed by atoms with Gasteiger partial charge in [0, 0.05) is 23.1 Å². The summed E-state index contributed by atoms with van der Waals surface area (Å²) >= 11 is 0. The summed E-state index contributed by atoms with van der Waals surface area (Å²) in [5.74, 6) is 3.65. The van der Waals surface area contributed by atoms with Crippen LogP contribution in [0.3, 0.4) is 0 Å². The van der Waals surface area contributed by atoms with Gasteiger partial charge in [0.2, 0.25) is 5.72 Å². The van der Waals surface area contributed by atoms with E-state index < -0.39 is 5.72 Å². The zero-order chi connectivity index (χ0) is 25.4. The van der Waals surface area contributed by atoms with Crippen LogP contribution in [0, 0.1) is 11.7 Å². The molecule has 3 fully saturated rings. The number of halogens is 1. The molecule has 0 radical (unpaired) electrons. The summed E-state index contributed by atoms with van der Waals surface area (Å²) in [6, 6.07) is 19.7. The lowest BCUT2D eigenvalue weighted by Gasteiger charge is -2.53. The van der Waals surface area contributed by atoms with E-state index in [0.717, 1.165) is 60.9 Å². The van der Waals surface area contributed by atoms with Gasteiger partial charge in [-0.05, 0) is 86.6 Å². The molecule has 4 heterocycles. The average molecular weight is 504 g/mol. The minimum Gasteiger partial charge on any atom is -0.497 e. The van der Waals surface area contributed by atoms with E-state index in [-0.39, 0.29) is 5.82 Å². The lowest BCUT2D eigenvalue weighted by Crippen LogP contribution is -2.66. The molecule has 0 N–H and O–H groups in total. The van der Waals surface area contributed by atoms with Crippen LogP contribution in [0.2, 0.25) is 0 Å². The third kappa shape index (κ3) is 4.35. The molecule has 1 spiro atoms. The van der Waals surface area contributed by atoms with Gasteiger partial charge in [-0.15, -0.1) is 0 Å². The van der Waals surface area contributed by atoms with Crippen LogP contribution in [0.25, 0.3) is 0 Å². The number of ether oxygens (including phenoxy) is 3. The Morgan fingerprint density at radius 3 is 2.22 bits per heavy atom. The minimum atomic E-state index is -0.514. The van der Waals surface area contributed by atoms with E-state index in [1.54, 1.807) is 26.4 Å². The van der Waals surface area contributed by atoms with E-state index in [1.165, 1.54) is 12.1 Å². The number of hydrogen-bond donors (Lipinski definition) is 0. The topological polar surface area (TPSA) is 55.8 Å².